The number of esters is 2. The van der Waals surface area contributed by atoms with E-state index in [1.807, 2.05) is 50.3 Å². The van der Waals surface area contributed by atoms with Crippen LogP contribution in [0.3, 0.4) is 0 Å². The first kappa shape index (κ1) is 22.1. The van der Waals surface area contributed by atoms with Gasteiger partial charge in [-0.3, -0.25) is 4.79 Å². The van der Waals surface area contributed by atoms with Gasteiger partial charge < -0.3 is 14.7 Å². The summed E-state index contributed by atoms with van der Waals surface area (Å²) in [5, 5.41) is 11.7. The Labute approximate surface area is 174 Å². The van der Waals surface area contributed by atoms with Gasteiger partial charge in [0, 0.05) is 23.9 Å². The molecular weight excluding hydrogens is 461 g/mol. The first-order valence-electron chi connectivity index (χ1n) is 8.94. The van der Waals surface area contributed by atoms with Gasteiger partial charge in [-0.15, -0.1) is 0 Å². The molecule has 1 aromatic carbocycles. The van der Waals surface area contributed by atoms with Crippen LogP contribution in [-0.2, 0) is 9.53 Å². The van der Waals surface area contributed by atoms with Crippen LogP contribution in [0.1, 0.15) is 64.7 Å². The number of rotatable bonds is 4. The van der Waals surface area contributed by atoms with Crippen molar-refractivity contribution in [1.82, 2.24) is 5.06 Å². The lowest BCUT2D eigenvalue weighted by Crippen LogP contribution is -2.60. The molecule has 2 rings (SSSR count). The molecule has 1 heterocycles. The molecule has 0 unspecified atom stereocenters. The van der Waals surface area contributed by atoms with Crippen molar-refractivity contribution in [2.24, 2.45) is 0 Å². The fraction of sp³-hybridized carbons (Fsp3) is 0.600. The van der Waals surface area contributed by atoms with Gasteiger partial charge in [-0.1, -0.05) is 22.6 Å². The zero-order valence-electron chi connectivity index (χ0n) is 16.7. The van der Waals surface area contributed by atoms with E-state index in [1.165, 1.54) is 5.06 Å². The summed E-state index contributed by atoms with van der Waals surface area (Å²) >= 11 is 2.01. The van der Waals surface area contributed by atoms with E-state index >= 15 is 0 Å². The summed E-state index contributed by atoms with van der Waals surface area (Å²) < 4.78 is 10.4. The summed E-state index contributed by atoms with van der Waals surface area (Å²) in [6.45, 7) is 11.2. The zero-order chi connectivity index (χ0) is 20.6. The molecule has 1 aliphatic rings. The molecule has 0 amide bonds. The highest BCUT2D eigenvalue weighted by Gasteiger charge is 2.46. The molecule has 0 saturated carbocycles. The number of nitrogens with zero attached hydrogens (tertiary/aromatic N) is 1. The van der Waals surface area contributed by atoms with Crippen LogP contribution in [0.5, 0.6) is 5.75 Å². The molecule has 0 spiro atoms. The minimum Gasteiger partial charge on any atom is -0.459 e. The summed E-state index contributed by atoms with van der Waals surface area (Å²) in [6.07, 6.45) is 0.793. The van der Waals surface area contributed by atoms with Crippen molar-refractivity contribution >= 4 is 34.5 Å². The van der Waals surface area contributed by atoms with Crippen LogP contribution in [-0.4, -0.2) is 42.8 Å². The van der Waals surface area contributed by atoms with E-state index < -0.39 is 20.5 Å². The van der Waals surface area contributed by atoms with Gasteiger partial charge in [0.25, 0.3) is 0 Å². The molecule has 0 aromatic heterocycles. The highest BCUT2D eigenvalue weighted by molar-refractivity contribution is 14.1. The molecule has 1 saturated heterocycles. The lowest BCUT2D eigenvalue weighted by atomic mass is 9.80. The third kappa shape index (κ3) is 5.42. The van der Waals surface area contributed by atoms with Crippen LogP contribution >= 0.6 is 22.6 Å². The van der Waals surface area contributed by atoms with Crippen molar-refractivity contribution in [2.75, 3.05) is 0 Å². The molecule has 27 heavy (non-hydrogen) atoms. The Hall–Kier alpha value is -1.19. The minimum atomic E-state index is -0.628. The van der Waals surface area contributed by atoms with Gasteiger partial charge in [0.15, 0.2) is 0 Å². The molecular formula is C20H28INO5. The second kappa shape index (κ2) is 7.67. The smallest absolute Gasteiger partial charge is 0.338 e. The summed E-state index contributed by atoms with van der Waals surface area (Å²) in [6, 6.07) is 6.34. The number of hydrogen-bond donors (Lipinski definition) is 1. The fourth-order valence-corrected chi connectivity index (χ4v) is 3.48. The number of carbonyl (C=O) groups is 2. The largest absolute Gasteiger partial charge is 0.459 e. The van der Waals surface area contributed by atoms with Crippen molar-refractivity contribution in [3.63, 3.8) is 0 Å². The third-order valence-corrected chi connectivity index (χ3v) is 5.10. The van der Waals surface area contributed by atoms with Crippen molar-refractivity contribution in [1.29, 1.82) is 0 Å². The second-order valence-electron chi connectivity index (χ2n) is 8.76. The fourth-order valence-electron chi connectivity index (χ4n) is 3.37. The Bertz CT molecular complexity index is 688. The molecule has 0 aliphatic carbocycles. The maximum absolute atomic E-state index is 12.5. The van der Waals surface area contributed by atoms with Crippen LogP contribution in [0.25, 0.3) is 0 Å². The number of ether oxygens (including phenoxy) is 2. The van der Waals surface area contributed by atoms with E-state index in [0.29, 0.717) is 24.2 Å². The molecule has 0 atom stereocenters. The highest BCUT2D eigenvalue weighted by atomic mass is 127. The minimum absolute atomic E-state index is 0.289. The Morgan fingerprint density at radius 1 is 1.11 bits per heavy atom. The Kier molecular flexibility index (Phi) is 6.28. The Morgan fingerprint density at radius 2 is 1.59 bits per heavy atom. The van der Waals surface area contributed by atoms with E-state index in [0.717, 1.165) is 0 Å². The zero-order valence-corrected chi connectivity index (χ0v) is 18.9. The van der Waals surface area contributed by atoms with Gasteiger partial charge in [0.2, 0.25) is 0 Å². The average molecular weight is 489 g/mol. The second-order valence-corrected chi connectivity index (χ2v) is 11.5. The standard InChI is InChI=1S/C20H28INO5/c1-18(2)11-15(12-19(3,4)22(18)25)26-16(23)13-7-9-14(10-8-13)27-17(24)20(5,6)21/h7-10,15,25H,11-12H2,1-6H3. The van der Waals surface area contributed by atoms with Crippen molar-refractivity contribution in [2.45, 2.75) is 75.0 Å². The molecule has 6 nitrogen and oxygen atoms in total. The highest BCUT2D eigenvalue weighted by Crippen LogP contribution is 2.38. The van der Waals surface area contributed by atoms with Crippen molar-refractivity contribution in [3.8, 4) is 5.75 Å². The van der Waals surface area contributed by atoms with E-state index in [2.05, 4.69) is 0 Å². The van der Waals surface area contributed by atoms with Crippen molar-refractivity contribution in [3.05, 3.63) is 29.8 Å². The monoisotopic (exact) mass is 489 g/mol. The molecule has 1 aliphatic heterocycles. The van der Waals surface area contributed by atoms with Gasteiger partial charge in [-0.2, -0.15) is 5.06 Å². The third-order valence-electron chi connectivity index (χ3n) is 4.66. The number of benzene rings is 1. The number of halogens is 1. The number of piperidine rings is 1. The van der Waals surface area contributed by atoms with Gasteiger partial charge in [-0.25, -0.2) is 4.79 Å². The van der Waals surface area contributed by atoms with Gasteiger partial charge in [0.1, 0.15) is 15.3 Å². The summed E-state index contributed by atoms with van der Waals surface area (Å²) in [7, 11) is 0. The molecule has 0 bridgehead atoms. The number of hydrogen-bond acceptors (Lipinski definition) is 6. The predicted molar refractivity (Wildman–Crippen MR) is 110 cm³/mol. The average Bonchev–Trinajstić information content (AvgIpc) is 2.51. The normalized spacial score (nSPS) is 20.1. The van der Waals surface area contributed by atoms with Crippen LogP contribution in [0, 0.1) is 0 Å². The quantitative estimate of drug-likeness (QED) is 0.293. The SMILES string of the molecule is CC(C)(I)C(=O)Oc1ccc(C(=O)OC2CC(C)(C)N(O)C(C)(C)C2)cc1. The number of carbonyl (C=O) groups excluding carboxylic acids is 2. The van der Waals surface area contributed by atoms with E-state index in [1.54, 1.807) is 38.1 Å². The van der Waals surface area contributed by atoms with Gasteiger partial charge in [0.05, 0.1) is 5.56 Å². The maximum atomic E-state index is 12.5. The van der Waals surface area contributed by atoms with Crippen LogP contribution < -0.4 is 4.74 Å². The van der Waals surface area contributed by atoms with E-state index in [4.69, 9.17) is 9.47 Å². The molecule has 1 fully saturated rings. The maximum Gasteiger partial charge on any atom is 0.338 e. The lowest BCUT2D eigenvalue weighted by Gasteiger charge is -2.50. The van der Waals surface area contributed by atoms with Crippen LogP contribution in [0.15, 0.2) is 24.3 Å². The topological polar surface area (TPSA) is 76.1 Å². The molecule has 0 radical (unpaired) electrons. The van der Waals surface area contributed by atoms with E-state index in [9.17, 15) is 14.8 Å². The summed E-state index contributed by atoms with van der Waals surface area (Å²) in [5.74, 6) is -0.388. The number of alkyl halides is 1. The first-order valence-corrected chi connectivity index (χ1v) is 10.0. The Balaban J connectivity index is 2.03. The lowest BCUT2D eigenvalue weighted by molar-refractivity contribution is -0.256. The molecule has 1 aromatic rings. The van der Waals surface area contributed by atoms with Crippen molar-refractivity contribution < 1.29 is 24.3 Å². The first-order chi connectivity index (χ1) is 12.2. The Morgan fingerprint density at radius 3 is 2.04 bits per heavy atom. The van der Waals surface area contributed by atoms with Crippen LogP contribution in [0.4, 0.5) is 0 Å². The van der Waals surface area contributed by atoms with Gasteiger partial charge in [-0.05, 0) is 65.8 Å². The van der Waals surface area contributed by atoms with Crippen LogP contribution in [0.2, 0.25) is 0 Å². The summed E-state index contributed by atoms with van der Waals surface area (Å²) in [4.78, 5) is 24.4. The number of hydroxylamine groups is 2. The van der Waals surface area contributed by atoms with Gasteiger partial charge >= 0.3 is 11.9 Å². The van der Waals surface area contributed by atoms with E-state index in [-0.39, 0.29) is 12.1 Å². The summed E-state index contributed by atoms with van der Waals surface area (Å²) in [5.41, 5.74) is -0.584. The molecule has 7 heteroatoms. The molecule has 1 N–H and O–H groups in total. The predicted octanol–water partition coefficient (Wildman–Crippen LogP) is 4.37. The molecule has 150 valence electrons.